The van der Waals surface area contributed by atoms with Crippen LogP contribution < -0.4 is 0 Å². The standard InChI is InChI=1S/C22H18N2O3/c1-2-23-15-6-4-3-5-13(15)14-11-12(7-8-16(14)23)24-21(25)19-17-9-10-18(27-17)20(19)22(24)26/h3-11,17-18,25-26H,2H2,1H3. The molecule has 2 unspecified atom stereocenters. The van der Waals surface area contributed by atoms with Crippen LogP contribution in [-0.4, -0.2) is 19.3 Å². The van der Waals surface area contributed by atoms with Crippen molar-refractivity contribution in [3.63, 3.8) is 0 Å². The Balaban J connectivity index is 1.63. The van der Waals surface area contributed by atoms with E-state index in [2.05, 4.69) is 29.7 Å². The molecule has 2 atom stereocenters. The van der Waals surface area contributed by atoms with Crippen LogP contribution in [0.3, 0.4) is 0 Å². The number of aryl methyl sites for hydroxylation is 1. The molecule has 6 rings (SSSR count). The van der Waals surface area contributed by atoms with Gasteiger partial charge in [0, 0.05) is 28.4 Å². The predicted molar refractivity (Wildman–Crippen MR) is 103 cm³/mol. The number of ether oxygens (including phenoxy) is 1. The van der Waals surface area contributed by atoms with Gasteiger partial charge in [-0.2, -0.15) is 0 Å². The van der Waals surface area contributed by atoms with Gasteiger partial charge in [-0.25, -0.2) is 0 Å². The number of nitrogens with zero attached hydrogens (tertiary/aromatic N) is 2. The molecule has 2 aliphatic rings. The first-order chi connectivity index (χ1) is 13.2. The van der Waals surface area contributed by atoms with Crippen molar-refractivity contribution in [3.8, 4) is 17.4 Å². The summed E-state index contributed by atoms with van der Waals surface area (Å²) in [7, 11) is 0. The lowest BCUT2D eigenvalue weighted by molar-refractivity contribution is 0.0842. The van der Waals surface area contributed by atoms with Crippen molar-refractivity contribution < 1.29 is 14.9 Å². The first kappa shape index (κ1) is 14.9. The third-order valence-electron chi connectivity index (χ3n) is 5.85. The molecular formula is C22H18N2O3. The molecule has 2 N–H and O–H groups in total. The van der Waals surface area contributed by atoms with Crippen LogP contribution in [0, 0.1) is 0 Å². The Morgan fingerprint density at radius 1 is 0.889 bits per heavy atom. The van der Waals surface area contributed by atoms with E-state index >= 15 is 0 Å². The Bertz CT molecular complexity index is 1240. The van der Waals surface area contributed by atoms with E-state index in [4.69, 9.17) is 4.74 Å². The van der Waals surface area contributed by atoms with E-state index in [0.29, 0.717) is 11.1 Å². The summed E-state index contributed by atoms with van der Waals surface area (Å²) in [5, 5.41) is 23.9. The van der Waals surface area contributed by atoms with Gasteiger partial charge < -0.3 is 19.5 Å². The largest absolute Gasteiger partial charge is 0.494 e. The van der Waals surface area contributed by atoms with Gasteiger partial charge in [-0.3, -0.25) is 4.57 Å². The smallest absolute Gasteiger partial charge is 0.205 e. The highest BCUT2D eigenvalue weighted by Crippen LogP contribution is 2.55. The third kappa shape index (κ3) is 1.72. The van der Waals surface area contributed by atoms with Crippen LogP contribution in [0.15, 0.2) is 54.6 Å². The minimum atomic E-state index is -0.275. The van der Waals surface area contributed by atoms with Crippen LogP contribution in [0.1, 0.15) is 30.3 Å². The Morgan fingerprint density at radius 2 is 1.56 bits per heavy atom. The normalized spacial score (nSPS) is 20.2. The highest BCUT2D eigenvalue weighted by atomic mass is 16.5. The second-order valence-electron chi connectivity index (χ2n) is 7.14. The molecule has 2 aromatic carbocycles. The number of para-hydroxylation sites is 1. The summed E-state index contributed by atoms with van der Waals surface area (Å²) in [5.74, 6) is 0.107. The van der Waals surface area contributed by atoms with Crippen LogP contribution in [0.5, 0.6) is 11.8 Å². The highest BCUT2D eigenvalue weighted by Gasteiger charge is 2.42. The van der Waals surface area contributed by atoms with Crippen molar-refractivity contribution in [1.29, 1.82) is 0 Å². The van der Waals surface area contributed by atoms with Crippen LogP contribution in [0.4, 0.5) is 0 Å². The van der Waals surface area contributed by atoms with E-state index in [1.54, 1.807) is 0 Å². The number of fused-ring (bicyclic) bond motifs is 8. The lowest BCUT2D eigenvalue weighted by atomic mass is 10.0. The second kappa shape index (κ2) is 4.96. The highest BCUT2D eigenvalue weighted by molar-refractivity contribution is 6.08. The fourth-order valence-electron chi connectivity index (χ4n) is 4.69. The van der Waals surface area contributed by atoms with Crippen molar-refractivity contribution in [2.75, 3.05) is 0 Å². The number of rotatable bonds is 2. The molecule has 0 spiro atoms. The number of aromatic nitrogens is 2. The molecular weight excluding hydrogens is 340 g/mol. The number of hydrogen-bond donors (Lipinski definition) is 2. The molecule has 2 aliphatic heterocycles. The SMILES string of the molecule is CCn1c2ccccc2c2cc(-n3c(O)c4c(c3O)C3C=CC4O3)ccc21. The summed E-state index contributed by atoms with van der Waals surface area (Å²) >= 11 is 0. The topological polar surface area (TPSA) is 59.5 Å². The molecule has 27 heavy (non-hydrogen) atoms. The van der Waals surface area contributed by atoms with E-state index in [-0.39, 0.29) is 24.0 Å². The minimum absolute atomic E-state index is 0.0536. The van der Waals surface area contributed by atoms with Gasteiger partial charge in [-0.1, -0.05) is 30.4 Å². The van der Waals surface area contributed by atoms with E-state index in [9.17, 15) is 10.2 Å². The molecule has 0 saturated heterocycles. The number of hydrogen-bond acceptors (Lipinski definition) is 3. The molecule has 0 radical (unpaired) electrons. The molecule has 2 aromatic heterocycles. The minimum Gasteiger partial charge on any atom is -0.494 e. The van der Waals surface area contributed by atoms with Gasteiger partial charge in [-0.15, -0.1) is 0 Å². The summed E-state index contributed by atoms with van der Waals surface area (Å²) < 4.78 is 9.54. The molecule has 4 heterocycles. The van der Waals surface area contributed by atoms with Crippen LogP contribution in [0.2, 0.25) is 0 Å². The summed E-state index contributed by atoms with van der Waals surface area (Å²) in [4.78, 5) is 0. The summed E-state index contributed by atoms with van der Waals surface area (Å²) in [6.07, 6.45) is 3.30. The maximum absolute atomic E-state index is 10.8. The number of benzene rings is 2. The van der Waals surface area contributed by atoms with Crippen LogP contribution in [0.25, 0.3) is 27.5 Å². The van der Waals surface area contributed by atoms with E-state index in [1.807, 2.05) is 36.4 Å². The Hall–Kier alpha value is -3.18. The van der Waals surface area contributed by atoms with E-state index < -0.39 is 0 Å². The van der Waals surface area contributed by atoms with Crippen molar-refractivity contribution >= 4 is 21.8 Å². The Labute approximate surface area is 155 Å². The van der Waals surface area contributed by atoms with Crippen molar-refractivity contribution in [1.82, 2.24) is 9.13 Å². The average Bonchev–Trinajstić information content (AvgIpc) is 3.43. The van der Waals surface area contributed by atoms with Gasteiger partial charge in [0.1, 0.15) is 12.2 Å². The fourth-order valence-corrected chi connectivity index (χ4v) is 4.69. The zero-order valence-corrected chi connectivity index (χ0v) is 14.8. The Morgan fingerprint density at radius 3 is 2.26 bits per heavy atom. The van der Waals surface area contributed by atoms with Gasteiger partial charge in [-0.05, 0) is 31.2 Å². The van der Waals surface area contributed by atoms with Gasteiger partial charge in [0.15, 0.2) is 0 Å². The first-order valence-corrected chi connectivity index (χ1v) is 9.20. The van der Waals surface area contributed by atoms with Gasteiger partial charge in [0.25, 0.3) is 0 Å². The molecule has 0 amide bonds. The zero-order valence-electron chi connectivity index (χ0n) is 14.8. The molecule has 2 bridgehead atoms. The van der Waals surface area contributed by atoms with Crippen molar-refractivity contribution in [2.24, 2.45) is 0 Å². The fraction of sp³-hybridized carbons (Fsp3) is 0.182. The van der Waals surface area contributed by atoms with Gasteiger partial charge in [0.2, 0.25) is 11.8 Å². The third-order valence-corrected chi connectivity index (χ3v) is 5.85. The molecule has 5 heteroatoms. The number of aromatic hydroxyl groups is 2. The average molecular weight is 358 g/mol. The van der Waals surface area contributed by atoms with Crippen molar-refractivity contribution in [3.05, 3.63) is 65.7 Å². The van der Waals surface area contributed by atoms with Crippen molar-refractivity contribution in [2.45, 2.75) is 25.7 Å². The lowest BCUT2D eigenvalue weighted by Crippen LogP contribution is -1.97. The summed E-state index contributed by atoms with van der Waals surface area (Å²) in [6, 6.07) is 14.4. The molecule has 4 aromatic rings. The first-order valence-electron chi connectivity index (χ1n) is 9.20. The van der Waals surface area contributed by atoms with Crippen LogP contribution >= 0.6 is 0 Å². The lowest BCUT2D eigenvalue weighted by Gasteiger charge is -2.11. The maximum atomic E-state index is 10.8. The maximum Gasteiger partial charge on any atom is 0.205 e. The Kier molecular flexibility index (Phi) is 2.74. The molecule has 134 valence electrons. The van der Waals surface area contributed by atoms with Crippen LogP contribution in [-0.2, 0) is 11.3 Å². The quantitative estimate of drug-likeness (QED) is 0.511. The van der Waals surface area contributed by atoms with Gasteiger partial charge >= 0.3 is 0 Å². The molecule has 0 aliphatic carbocycles. The molecule has 5 nitrogen and oxygen atoms in total. The predicted octanol–water partition coefficient (Wildman–Crippen LogP) is 4.70. The van der Waals surface area contributed by atoms with Gasteiger partial charge in [0.05, 0.1) is 16.8 Å². The molecule has 0 saturated carbocycles. The molecule has 0 fully saturated rings. The van der Waals surface area contributed by atoms with E-state index in [0.717, 1.165) is 23.1 Å². The monoisotopic (exact) mass is 358 g/mol. The summed E-state index contributed by atoms with van der Waals surface area (Å²) in [5.41, 5.74) is 4.43. The zero-order chi connectivity index (χ0) is 18.3. The second-order valence-corrected chi connectivity index (χ2v) is 7.14. The summed E-state index contributed by atoms with van der Waals surface area (Å²) in [6.45, 7) is 3.01. The van der Waals surface area contributed by atoms with E-state index in [1.165, 1.54) is 15.5 Å².